The second-order valence-electron chi connectivity index (χ2n) is 5.58. The number of benzene rings is 1. The molecule has 0 amide bonds. The molecule has 1 rings (SSSR count). The van der Waals surface area contributed by atoms with Crippen molar-refractivity contribution in [3.05, 3.63) is 30.3 Å². The molecule has 1 aromatic carbocycles. The summed E-state index contributed by atoms with van der Waals surface area (Å²) in [4.78, 5) is 28.3. The van der Waals surface area contributed by atoms with Gasteiger partial charge in [-0.1, -0.05) is 18.2 Å². The van der Waals surface area contributed by atoms with E-state index in [1.54, 1.807) is 51.1 Å². The number of aliphatic hydroxyl groups is 1. The summed E-state index contributed by atoms with van der Waals surface area (Å²) in [5.41, 5.74) is -0.399. The van der Waals surface area contributed by atoms with Gasteiger partial charge in [-0.2, -0.15) is 5.06 Å². The number of carbonyl (C=O) groups is 2. The van der Waals surface area contributed by atoms with Crippen LogP contribution in [0.2, 0.25) is 0 Å². The van der Waals surface area contributed by atoms with Gasteiger partial charge in [0.2, 0.25) is 0 Å². The third-order valence-corrected chi connectivity index (χ3v) is 2.54. The van der Waals surface area contributed by atoms with Crippen LogP contribution in [0.1, 0.15) is 27.2 Å². The fraction of sp³-hybridized carbons (Fsp3) is 0.467. The zero-order chi connectivity index (χ0) is 16.8. The lowest BCUT2D eigenvalue weighted by molar-refractivity contribution is -0.141. The summed E-state index contributed by atoms with van der Waals surface area (Å²) in [5, 5.41) is 19.3. The van der Waals surface area contributed by atoms with Gasteiger partial charge < -0.3 is 19.8 Å². The van der Waals surface area contributed by atoms with Crippen molar-refractivity contribution < 1.29 is 29.4 Å². The number of carboxylic acid groups (broad SMARTS) is 1. The molecular weight excluding hydrogens is 290 g/mol. The van der Waals surface area contributed by atoms with E-state index in [0.717, 1.165) is 5.06 Å². The topological polar surface area (TPSA) is 96.3 Å². The lowest BCUT2D eigenvalue weighted by Crippen LogP contribution is -2.44. The Morgan fingerprint density at radius 2 is 1.82 bits per heavy atom. The van der Waals surface area contributed by atoms with Crippen LogP contribution < -0.4 is 5.06 Å². The highest BCUT2D eigenvalue weighted by Crippen LogP contribution is 2.20. The van der Waals surface area contributed by atoms with Crippen molar-refractivity contribution in [1.29, 1.82) is 0 Å². The molecule has 0 saturated heterocycles. The summed E-state index contributed by atoms with van der Waals surface area (Å²) < 4.78 is 5.04. The average Bonchev–Trinajstić information content (AvgIpc) is 2.41. The number of aliphatic carboxylic acids is 1. The van der Waals surface area contributed by atoms with Crippen molar-refractivity contribution in [2.24, 2.45) is 0 Å². The molecule has 0 saturated carbocycles. The molecular formula is C15H21NO6. The minimum atomic E-state index is -1.22. The molecule has 0 aliphatic carbocycles. The summed E-state index contributed by atoms with van der Waals surface area (Å²) >= 11 is 0. The summed E-state index contributed by atoms with van der Waals surface area (Å²) in [5.74, 6) is -1.22. The monoisotopic (exact) mass is 311 g/mol. The average molecular weight is 311 g/mol. The van der Waals surface area contributed by atoms with E-state index in [-0.39, 0.29) is 13.0 Å². The van der Waals surface area contributed by atoms with Crippen LogP contribution in [0.15, 0.2) is 30.3 Å². The van der Waals surface area contributed by atoms with Gasteiger partial charge in [-0.3, -0.25) is 0 Å². The van der Waals surface area contributed by atoms with Crippen molar-refractivity contribution in [2.75, 3.05) is 11.7 Å². The van der Waals surface area contributed by atoms with Gasteiger partial charge in [0.1, 0.15) is 5.60 Å². The number of ether oxygens (including phenoxy) is 1. The fourth-order valence-electron chi connectivity index (χ4n) is 1.68. The molecule has 0 fully saturated rings. The van der Waals surface area contributed by atoms with E-state index in [2.05, 4.69) is 0 Å². The number of aliphatic hydroxyl groups excluding tert-OH is 1. The SMILES string of the molecule is CC(C)(C)OC(=O)ON(c1ccccc1)C(CCO)C(=O)O. The Labute approximate surface area is 129 Å². The van der Waals surface area contributed by atoms with Crippen molar-refractivity contribution in [2.45, 2.75) is 38.8 Å². The largest absolute Gasteiger partial charge is 0.533 e. The van der Waals surface area contributed by atoms with Gasteiger partial charge in [-0.25, -0.2) is 9.59 Å². The standard InChI is InChI=1S/C15H21NO6/c1-15(2,3)21-14(20)22-16(11-7-5-4-6-8-11)12(9-10-17)13(18)19/h4-8,12,17H,9-10H2,1-3H3,(H,18,19). The predicted octanol–water partition coefficient (Wildman–Crippen LogP) is 2.20. The first-order valence-electron chi connectivity index (χ1n) is 6.83. The highest BCUT2D eigenvalue weighted by Gasteiger charge is 2.31. The van der Waals surface area contributed by atoms with Crippen LogP contribution >= 0.6 is 0 Å². The van der Waals surface area contributed by atoms with E-state index < -0.39 is 23.8 Å². The maximum absolute atomic E-state index is 11.8. The molecule has 2 N–H and O–H groups in total. The first-order chi connectivity index (χ1) is 10.2. The molecule has 1 aromatic rings. The Morgan fingerprint density at radius 3 is 2.27 bits per heavy atom. The molecule has 1 atom stereocenters. The lowest BCUT2D eigenvalue weighted by Gasteiger charge is -2.29. The van der Waals surface area contributed by atoms with Gasteiger partial charge in [0.25, 0.3) is 0 Å². The van der Waals surface area contributed by atoms with E-state index >= 15 is 0 Å². The van der Waals surface area contributed by atoms with Crippen LogP contribution in [0.3, 0.4) is 0 Å². The highest BCUT2D eigenvalue weighted by atomic mass is 16.8. The third-order valence-electron chi connectivity index (χ3n) is 2.54. The van der Waals surface area contributed by atoms with Gasteiger partial charge in [-0.05, 0) is 32.9 Å². The zero-order valence-electron chi connectivity index (χ0n) is 12.9. The molecule has 0 aliphatic rings. The Balaban J connectivity index is 3.01. The molecule has 0 heterocycles. The van der Waals surface area contributed by atoms with Gasteiger partial charge in [0.05, 0.1) is 5.69 Å². The Kier molecular flexibility index (Phi) is 6.18. The number of para-hydroxylation sites is 1. The lowest BCUT2D eigenvalue weighted by atomic mass is 10.2. The number of anilines is 1. The maximum atomic E-state index is 11.8. The van der Waals surface area contributed by atoms with Gasteiger partial charge in [0, 0.05) is 13.0 Å². The van der Waals surface area contributed by atoms with Gasteiger partial charge in [0.15, 0.2) is 6.04 Å². The molecule has 122 valence electrons. The number of hydroxylamine groups is 1. The van der Waals surface area contributed by atoms with Crippen molar-refractivity contribution >= 4 is 17.8 Å². The summed E-state index contributed by atoms with van der Waals surface area (Å²) in [6.45, 7) is 4.65. The summed E-state index contributed by atoms with van der Waals surface area (Å²) in [7, 11) is 0. The van der Waals surface area contributed by atoms with E-state index in [1.165, 1.54) is 0 Å². The quantitative estimate of drug-likeness (QED) is 0.614. The van der Waals surface area contributed by atoms with E-state index in [9.17, 15) is 14.7 Å². The second kappa shape index (κ2) is 7.65. The second-order valence-corrected chi connectivity index (χ2v) is 5.58. The first-order valence-corrected chi connectivity index (χ1v) is 6.83. The number of hydrogen-bond acceptors (Lipinski definition) is 6. The molecule has 0 radical (unpaired) electrons. The van der Waals surface area contributed by atoms with Crippen LogP contribution in [-0.4, -0.2) is 40.6 Å². The number of hydrogen-bond donors (Lipinski definition) is 2. The molecule has 1 unspecified atom stereocenters. The molecule has 0 aliphatic heterocycles. The number of carboxylic acids is 1. The van der Waals surface area contributed by atoms with E-state index in [1.807, 2.05) is 0 Å². The van der Waals surface area contributed by atoms with Crippen molar-refractivity contribution in [3.63, 3.8) is 0 Å². The minimum Gasteiger partial charge on any atom is -0.480 e. The van der Waals surface area contributed by atoms with Crippen LogP contribution in [-0.2, 0) is 14.4 Å². The fourth-order valence-corrected chi connectivity index (χ4v) is 1.68. The molecule has 0 spiro atoms. The molecule has 22 heavy (non-hydrogen) atoms. The van der Waals surface area contributed by atoms with Crippen LogP contribution in [0.5, 0.6) is 0 Å². The molecule has 7 heteroatoms. The van der Waals surface area contributed by atoms with Crippen molar-refractivity contribution in [1.82, 2.24) is 0 Å². The molecule has 0 bridgehead atoms. The van der Waals surface area contributed by atoms with Crippen LogP contribution in [0.4, 0.5) is 10.5 Å². The van der Waals surface area contributed by atoms with Gasteiger partial charge in [-0.15, -0.1) is 0 Å². The molecule has 0 aromatic heterocycles. The van der Waals surface area contributed by atoms with Crippen LogP contribution in [0.25, 0.3) is 0 Å². The molecule has 7 nitrogen and oxygen atoms in total. The smallest absolute Gasteiger partial charge is 0.480 e. The Bertz CT molecular complexity index is 497. The van der Waals surface area contributed by atoms with E-state index in [0.29, 0.717) is 5.69 Å². The summed E-state index contributed by atoms with van der Waals surface area (Å²) in [6, 6.07) is 7.07. The first kappa shape index (κ1) is 17.8. The van der Waals surface area contributed by atoms with Crippen LogP contribution in [0, 0.1) is 0 Å². The third kappa shape index (κ3) is 5.61. The number of rotatable bonds is 6. The Morgan fingerprint density at radius 1 is 1.23 bits per heavy atom. The number of carbonyl (C=O) groups excluding carboxylic acids is 1. The van der Waals surface area contributed by atoms with E-state index in [4.69, 9.17) is 14.7 Å². The van der Waals surface area contributed by atoms with Gasteiger partial charge >= 0.3 is 12.1 Å². The Hall–Kier alpha value is -2.28. The normalized spacial score (nSPS) is 12.4. The number of nitrogens with zero attached hydrogens (tertiary/aromatic N) is 1. The van der Waals surface area contributed by atoms with Crippen molar-refractivity contribution in [3.8, 4) is 0 Å². The summed E-state index contributed by atoms with van der Waals surface area (Å²) in [6.07, 6.45) is -1.12. The maximum Gasteiger partial charge on any atom is 0.533 e. The highest BCUT2D eigenvalue weighted by molar-refractivity contribution is 5.78. The predicted molar refractivity (Wildman–Crippen MR) is 79.4 cm³/mol. The zero-order valence-corrected chi connectivity index (χ0v) is 12.9. The minimum absolute atomic E-state index is 0.104.